The minimum atomic E-state index is -2.77. The highest BCUT2D eigenvalue weighted by molar-refractivity contribution is 7.91. The minimum absolute atomic E-state index is 0.554. The maximum atomic E-state index is 12.3. The van der Waals surface area contributed by atoms with Crippen LogP contribution in [-0.4, -0.2) is 41.8 Å². The first kappa shape index (κ1) is 16.2. The van der Waals surface area contributed by atoms with Crippen molar-refractivity contribution < 1.29 is 8.95 Å². The molecule has 0 saturated carbocycles. The zero-order chi connectivity index (χ0) is 17.4. The highest BCUT2D eigenvalue weighted by Gasteiger charge is 2.18. The summed E-state index contributed by atoms with van der Waals surface area (Å²) in [6.07, 6.45) is 1.46. The molecule has 5 nitrogen and oxygen atoms in total. The molecule has 2 N–H and O–H groups in total. The second-order valence-electron chi connectivity index (χ2n) is 6.39. The van der Waals surface area contributed by atoms with Crippen molar-refractivity contribution in [3.05, 3.63) is 48.5 Å². The summed E-state index contributed by atoms with van der Waals surface area (Å²) in [5, 5.41) is 1.14. The van der Waals surface area contributed by atoms with Crippen molar-refractivity contribution in [3.63, 3.8) is 0 Å². The first-order valence-electron chi connectivity index (χ1n) is 8.31. The number of rotatable bonds is 3. The van der Waals surface area contributed by atoms with E-state index in [1.807, 2.05) is 36.4 Å². The Kier molecular flexibility index (Phi) is 4.01. The number of aromatic amines is 1. The van der Waals surface area contributed by atoms with Gasteiger partial charge in [-0.1, -0.05) is 18.2 Å². The Hall–Kier alpha value is -2.31. The number of hydrogen-bond acceptors (Lipinski definition) is 4. The van der Waals surface area contributed by atoms with Crippen LogP contribution in [0.25, 0.3) is 22.2 Å². The summed E-state index contributed by atoms with van der Waals surface area (Å²) < 4.78 is 25.7. The summed E-state index contributed by atoms with van der Waals surface area (Å²) in [7, 11) is -2.77. The van der Waals surface area contributed by atoms with Gasteiger partial charge in [-0.2, -0.15) is 0 Å². The average Bonchev–Trinajstić information content (AvgIpc) is 3.05. The van der Waals surface area contributed by atoms with Gasteiger partial charge in [0.05, 0.1) is 22.9 Å². The van der Waals surface area contributed by atoms with E-state index in [9.17, 15) is 4.21 Å². The normalized spacial score (nSPS) is 17.6. The summed E-state index contributed by atoms with van der Waals surface area (Å²) in [6.45, 7) is 3.07. The number of para-hydroxylation sites is 1. The smallest absolute Gasteiger partial charge is 0.0697 e. The highest BCUT2D eigenvalue weighted by atomic mass is 32.2. The van der Waals surface area contributed by atoms with E-state index in [1.165, 1.54) is 6.26 Å². The number of aromatic nitrogens is 1. The van der Waals surface area contributed by atoms with Crippen LogP contribution in [0.15, 0.2) is 53.4 Å². The summed E-state index contributed by atoms with van der Waals surface area (Å²) in [5.41, 5.74) is 4.12. The monoisotopic (exact) mass is 355 g/mol. The van der Waals surface area contributed by atoms with Crippen molar-refractivity contribution in [2.24, 2.45) is 0 Å². The van der Waals surface area contributed by atoms with Crippen LogP contribution < -0.4 is 4.90 Å². The zero-order valence-electron chi connectivity index (χ0n) is 14.1. The molecule has 25 heavy (non-hydrogen) atoms. The van der Waals surface area contributed by atoms with Crippen molar-refractivity contribution in [3.8, 4) is 11.3 Å². The van der Waals surface area contributed by atoms with Gasteiger partial charge in [0.25, 0.3) is 0 Å². The molecule has 1 atom stereocenters. The van der Waals surface area contributed by atoms with E-state index in [4.69, 9.17) is 9.52 Å². The predicted molar refractivity (Wildman–Crippen MR) is 102 cm³/mol. The van der Waals surface area contributed by atoms with E-state index in [-0.39, 0.29) is 0 Å². The van der Waals surface area contributed by atoms with Crippen LogP contribution in [0.1, 0.15) is 0 Å². The molecule has 1 unspecified atom stereocenters. The van der Waals surface area contributed by atoms with Crippen molar-refractivity contribution in [1.29, 1.82) is 4.78 Å². The maximum absolute atomic E-state index is 12.3. The third-order valence-corrected chi connectivity index (χ3v) is 5.74. The topological polar surface area (TPSA) is 69.2 Å². The fourth-order valence-electron chi connectivity index (χ4n) is 3.27. The molecular weight excluding hydrogens is 334 g/mol. The van der Waals surface area contributed by atoms with Gasteiger partial charge in [-0.25, -0.2) is 8.99 Å². The molecule has 2 aromatic carbocycles. The lowest BCUT2D eigenvalue weighted by Gasteiger charge is -2.30. The zero-order valence-corrected chi connectivity index (χ0v) is 14.9. The van der Waals surface area contributed by atoms with Gasteiger partial charge in [-0.05, 0) is 30.3 Å². The Labute approximate surface area is 147 Å². The lowest BCUT2D eigenvalue weighted by Crippen LogP contribution is -2.36. The molecule has 1 saturated heterocycles. The number of fused-ring (bicyclic) bond motifs is 1. The molecule has 2 heterocycles. The van der Waals surface area contributed by atoms with Crippen LogP contribution in [0.4, 0.5) is 5.69 Å². The van der Waals surface area contributed by atoms with Gasteiger partial charge in [0.2, 0.25) is 0 Å². The quantitative estimate of drug-likeness (QED) is 0.752. The number of nitrogens with one attached hydrogen (secondary N) is 2. The predicted octanol–water partition coefficient (Wildman–Crippen LogP) is 3.71. The molecule has 0 radical (unpaired) electrons. The van der Waals surface area contributed by atoms with Gasteiger partial charge in [-0.15, -0.1) is 0 Å². The van der Waals surface area contributed by atoms with Crippen LogP contribution >= 0.6 is 0 Å². The second kappa shape index (κ2) is 6.20. The van der Waals surface area contributed by atoms with Gasteiger partial charge in [0.1, 0.15) is 0 Å². The molecule has 6 heteroatoms. The lowest BCUT2D eigenvalue weighted by molar-refractivity contribution is 0.123. The largest absolute Gasteiger partial charge is 0.378 e. The van der Waals surface area contributed by atoms with Gasteiger partial charge >= 0.3 is 0 Å². The minimum Gasteiger partial charge on any atom is -0.378 e. The Bertz CT molecular complexity index is 985. The summed E-state index contributed by atoms with van der Waals surface area (Å²) in [5.74, 6) is 0. The van der Waals surface area contributed by atoms with Crippen molar-refractivity contribution in [1.82, 2.24) is 4.98 Å². The molecule has 0 bridgehead atoms. The Morgan fingerprint density at radius 1 is 1.12 bits per heavy atom. The summed E-state index contributed by atoms with van der Waals surface area (Å²) in [6, 6.07) is 15.9. The molecule has 1 aliphatic rings. The fraction of sp³-hybridized carbons (Fsp3) is 0.263. The number of anilines is 1. The van der Waals surface area contributed by atoms with Gasteiger partial charge in [0.15, 0.2) is 0 Å². The van der Waals surface area contributed by atoms with E-state index in [0.717, 1.165) is 40.9 Å². The average molecular weight is 355 g/mol. The van der Waals surface area contributed by atoms with Gasteiger partial charge in [-0.3, -0.25) is 0 Å². The van der Waals surface area contributed by atoms with Crippen LogP contribution in [0.5, 0.6) is 0 Å². The van der Waals surface area contributed by atoms with Crippen LogP contribution in [0.3, 0.4) is 0 Å². The molecule has 1 fully saturated rings. The molecule has 1 aromatic heterocycles. The molecule has 3 aromatic rings. The number of H-pyrrole nitrogens is 1. The first-order chi connectivity index (χ1) is 12.0. The number of morpholine rings is 1. The molecule has 4 rings (SSSR count). The van der Waals surface area contributed by atoms with E-state index >= 15 is 0 Å². The lowest BCUT2D eigenvalue weighted by atomic mass is 10.1. The molecule has 1 aliphatic heterocycles. The molecule has 0 aliphatic carbocycles. The molecule has 0 amide bonds. The third-order valence-electron chi connectivity index (χ3n) is 4.59. The second-order valence-corrected chi connectivity index (χ2v) is 8.55. The van der Waals surface area contributed by atoms with Crippen LogP contribution in [0.2, 0.25) is 0 Å². The van der Waals surface area contributed by atoms with E-state index in [1.54, 1.807) is 0 Å². The Morgan fingerprint density at radius 3 is 2.60 bits per heavy atom. The van der Waals surface area contributed by atoms with Crippen molar-refractivity contribution in [2.75, 3.05) is 37.5 Å². The summed E-state index contributed by atoms with van der Waals surface area (Å²) >= 11 is 0. The van der Waals surface area contributed by atoms with E-state index in [0.29, 0.717) is 18.1 Å². The maximum Gasteiger partial charge on any atom is 0.0697 e. The first-order valence-corrected chi connectivity index (χ1v) is 10.3. The van der Waals surface area contributed by atoms with Gasteiger partial charge < -0.3 is 14.6 Å². The SMILES string of the molecule is CS(=N)(=O)c1ccc(N2CCOCC2)c(-c2cc3ccccc3[nH]2)c1. The van der Waals surface area contributed by atoms with Gasteiger partial charge in [0, 0.05) is 52.1 Å². The third kappa shape index (κ3) is 3.15. The highest BCUT2D eigenvalue weighted by Crippen LogP contribution is 2.35. The summed E-state index contributed by atoms with van der Waals surface area (Å²) in [4.78, 5) is 6.30. The number of hydrogen-bond donors (Lipinski definition) is 2. The Balaban J connectivity index is 1.89. The van der Waals surface area contributed by atoms with Crippen LogP contribution in [0, 0.1) is 4.78 Å². The molecule has 130 valence electrons. The fourth-order valence-corrected chi connectivity index (χ4v) is 3.94. The van der Waals surface area contributed by atoms with Crippen molar-refractivity contribution >= 4 is 26.3 Å². The van der Waals surface area contributed by atoms with E-state index < -0.39 is 9.73 Å². The standard InChI is InChI=1S/C19H21N3O2S/c1-25(20,23)15-6-7-19(22-8-10-24-11-9-22)16(13-15)18-12-14-4-2-3-5-17(14)21-18/h2-7,12-13,20-21H,8-11H2,1H3. The number of benzene rings is 2. The van der Waals surface area contributed by atoms with E-state index in [2.05, 4.69) is 22.0 Å². The molecule has 0 spiro atoms. The number of nitrogens with zero attached hydrogens (tertiary/aromatic N) is 1. The number of ether oxygens (including phenoxy) is 1. The Morgan fingerprint density at radius 2 is 1.88 bits per heavy atom. The molecular formula is C19H21N3O2S. The van der Waals surface area contributed by atoms with Crippen LogP contribution in [-0.2, 0) is 14.5 Å². The van der Waals surface area contributed by atoms with Crippen molar-refractivity contribution in [2.45, 2.75) is 4.90 Å².